The standard InChI is InChI=1S/C20H30N2O3/c1-13(6-7-15-5-4-10-25-15)21-18(23)16-11-14-12-20(2,3)9-8-17(14)22-19(16)24/h11,13,15H,4-10,12H2,1-3H3,(H,21,23)(H,22,24)/t13-,15+/m0/s1. The summed E-state index contributed by atoms with van der Waals surface area (Å²) in [6.45, 7) is 7.30. The lowest BCUT2D eigenvalue weighted by molar-refractivity contribution is 0.0898. The molecule has 5 heteroatoms. The van der Waals surface area contributed by atoms with Crippen LogP contribution in [0.1, 0.15) is 74.5 Å². The topological polar surface area (TPSA) is 71.2 Å². The second-order valence-electron chi connectivity index (χ2n) is 8.44. The number of hydrogen-bond donors (Lipinski definition) is 2. The van der Waals surface area contributed by atoms with E-state index in [0.717, 1.165) is 62.8 Å². The number of hydrogen-bond acceptors (Lipinski definition) is 3. The molecule has 0 unspecified atom stereocenters. The molecule has 0 bridgehead atoms. The van der Waals surface area contributed by atoms with Gasteiger partial charge in [-0.25, -0.2) is 0 Å². The number of aromatic amines is 1. The highest BCUT2D eigenvalue weighted by Gasteiger charge is 2.27. The molecule has 1 saturated heterocycles. The van der Waals surface area contributed by atoms with E-state index in [0.29, 0.717) is 6.10 Å². The minimum Gasteiger partial charge on any atom is -0.378 e. The molecule has 2 atom stereocenters. The number of rotatable bonds is 5. The zero-order valence-corrected chi connectivity index (χ0v) is 15.6. The molecule has 1 aliphatic carbocycles. The van der Waals surface area contributed by atoms with Crippen molar-refractivity contribution in [3.05, 3.63) is 33.2 Å². The Hall–Kier alpha value is -1.62. The number of ether oxygens (including phenoxy) is 1. The first-order chi connectivity index (χ1) is 11.8. The summed E-state index contributed by atoms with van der Waals surface area (Å²) in [5.74, 6) is -0.271. The Morgan fingerprint density at radius 3 is 3.00 bits per heavy atom. The SMILES string of the molecule is C[C@@H](CC[C@H]1CCCO1)NC(=O)c1cc2c([nH]c1=O)CCC(C)(C)C2. The van der Waals surface area contributed by atoms with Gasteiger partial charge >= 0.3 is 0 Å². The third-order valence-electron chi connectivity index (χ3n) is 5.50. The lowest BCUT2D eigenvalue weighted by atomic mass is 9.76. The summed E-state index contributed by atoms with van der Waals surface area (Å²) in [5, 5.41) is 2.97. The van der Waals surface area contributed by atoms with Gasteiger partial charge in [-0.3, -0.25) is 9.59 Å². The van der Waals surface area contributed by atoms with E-state index in [4.69, 9.17) is 4.74 Å². The third kappa shape index (κ3) is 4.51. The summed E-state index contributed by atoms with van der Waals surface area (Å²) in [7, 11) is 0. The van der Waals surface area contributed by atoms with Gasteiger partial charge in [-0.05, 0) is 68.9 Å². The minimum atomic E-state index is -0.276. The van der Waals surface area contributed by atoms with E-state index in [1.807, 2.05) is 6.92 Å². The van der Waals surface area contributed by atoms with Crippen molar-refractivity contribution in [1.29, 1.82) is 0 Å². The summed E-state index contributed by atoms with van der Waals surface area (Å²) in [6.07, 6.45) is 7.22. The van der Waals surface area contributed by atoms with Crippen LogP contribution in [0.15, 0.2) is 10.9 Å². The van der Waals surface area contributed by atoms with Crippen molar-refractivity contribution in [2.45, 2.75) is 77.9 Å². The summed E-state index contributed by atoms with van der Waals surface area (Å²) in [4.78, 5) is 27.8. The fourth-order valence-corrected chi connectivity index (χ4v) is 3.91. The number of fused-ring (bicyclic) bond motifs is 1. The van der Waals surface area contributed by atoms with Gasteiger partial charge in [-0.1, -0.05) is 13.8 Å². The maximum absolute atomic E-state index is 12.6. The number of H-pyrrole nitrogens is 1. The van der Waals surface area contributed by atoms with Gasteiger partial charge in [0.1, 0.15) is 5.56 Å². The predicted octanol–water partition coefficient (Wildman–Crippen LogP) is 2.97. The normalized spacial score (nSPS) is 23.1. The van der Waals surface area contributed by atoms with Gasteiger partial charge < -0.3 is 15.0 Å². The smallest absolute Gasteiger partial charge is 0.261 e. The monoisotopic (exact) mass is 346 g/mol. The van der Waals surface area contributed by atoms with Crippen molar-refractivity contribution in [2.24, 2.45) is 5.41 Å². The predicted molar refractivity (Wildman–Crippen MR) is 98.0 cm³/mol. The van der Waals surface area contributed by atoms with Crippen LogP contribution in [0.5, 0.6) is 0 Å². The second-order valence-corrected chi connectivity index (χ2v) is 8.44. The van der Waals surface area contributed by atoms with Crippen molar-refractivity contribution in [3.63, 3.8) is 0 Å². The Bertz CT molecular complexity index is 687. The molecule has 1 fully saturated rings. The van der Waals surface area contributed by atoms with Gasteiger partial charge in [-0.15, -0.1) is 0 Å². The molecule has 1 aliphatic heterocycles. The Morgan fingerprint density at radius 2 is 2.28 bits per heavy atom. The summed E-state index contributed by atoms with van der Waals surface area (Å²) < 4.78 is 5.63. The van der Waals surface area contributed by atoms with Crippen LogP contribution in [-0.4, -0.2) is 29.6 Å². The molecule has 0 aromatic carbocycles. The molecular weight excluding hydrogens is 316 g/mol. The zero-order valence-electron chi connectivity index (χ0n) is 15.6. The first kappa shape index (κ1) is 18.2. The average Bonchev–Trinajstić information content (AvgIpc) is 3.05. The fourth-order valence-electron chi connectivity index (χ4n) is 3.91. The van der Waals surface area contributed by atoms with Gasteiger partial charge in [0.2, 0.25) is 0 Å². The zero-order chi connectivity index (χ0) is 18.0. The van der Waals surface area contributed by atoms with Crippen LogP contribution < -0.4 is 10.9 Å². The number of aromatic nitrogens is 1. The van der Waals surface area contributed by atoms with Gasteiger partial charge in [0.15, 0.2) is 0 Å². The first-order valence-corrected chi connectivity index (χ1v) is 9.51. The number of aryl methyl sites for hydroxylation is 1. The molecule has 0 spiro atoms. The number of carbonyl (C=O) groups excluding carboxylic acids is 1. The lowest BCUT2D eigenvalue weighted by Crippen LogP contribution is -2.37. The molecular formula is C20H30N2O3. The van der Waals surface area contributed by atoms with E-state index < -0.39 is 0 Å². The highest BCUT2D eigenvalue weighted by atomic mass is 16.5. The van der Waals surface area contributed by atoms with Gasteiger partial charge in [0.25, 0.3) is 11.5 Å². The van der Waals surface area contributed by atoms with Gasteiger partial charge in [0.05, 0.1) is 6.10 Å². The maximum Gasteiger partial charge on any atom is 0.261 e. The Labute approximate surface area is 149 Å². The first-order valence-electron chi connectivity index (χ1n) is 9.51. The van der Waals surface area contributed by atoms with Crippen LogP contribution in [0, 0.1) is 5.41 Å². The van der Waals surface area contributed by atoms with Crippen molar-refractivity contribution in [1.82, 2.24) is 10.3 Å². The Balaban J connectivity index is 1.64. The molecule has 1 aromatic rings. The number of amides is 1. The maximum atomic E-state index is 12.6. The Morgan fingerprint density at radius 1 is 1.48 bits per heavy atom. The van der Waals surface area contributed by atoms with Crippen molar-refractivity contribution < 1.29 is 9.53 Å². The van der Waals surface area contributed by atoms with Crippen LogP contribution in [0.25, 0.3) is 0 Å². The molecule has 1 amide bonds. The largest absolute Gasteiger partial charge is 0.378 e. The lowest BCUT2D eigenvalue weighted by Gasteiger charge is -2.31. The highest BCUT2D eigenvalue weighted by Crippen LogP contribution is 2.33. The summed E-state index contributed by atoms with van der Waals surface area (Å²) in [5.41, 5.74) is 2.27. The molecule has 0 radical (unpaired) electrons. The van der Waals surface area contributed by atoms with E-state index >= 15 is 0 Å². The van der Waals surface area contributed by atoms with Crippen molar-refractivity contribution in [2.75, 3.05) is 6.61 Å². The summed E-state index contributed by atoms with van der Waals surface area (Å²) >= 11 is 0. The van der Waals surface area contributed by atoms with E-state index in [9.17, 15) is 9.59 Å². The van der Waals surface area contributed by atoms with Gasteiger partial charge in [0, 0.05) is 18.3 Å². The highest BCUT2D eigenvalue weighted by molar-refractivity contribution is 5.94. The molecule has 138 valence electrons. The summed E-state index contributed by atoms with van der Waals surface area (Å²) in [6, 6.07) is 1.83. The molecule has 0 saturated carbocycles. The number of carbonyl (C=O) groups is 1. The number of pyridine rings is 1. The second kappa shape index (κ2) is 7.32. The van der Waals surface area contributed by atoms with E-state index in [-0.39, 0.29) is 28.5 Å². The minimum absolute atomic E-state index is 0.0311. The molecule has 2 N–H and O–H groups in total. The van der Waals surface area contributed by atoms with E-state index in [1.165, 1.54) is 0 Å². The average molecular weight is 346 g/mol. The van der Waals surface area contributed by atoms with Gasteiger partial charge in [-0.2, -0.15) is 0 Å². The molecule has 2 heterocycles. The quantitative estimate of drug-likeness (QED) is 0.861. The molecule has 25 heavy (non-hydrogen) atoms. The van der Waals surface area contributed by atoms with Crippen LogP contribution in [-0.2, 0) is 17.6 Å². The van der Waals surface area contributed by atoms with E-state index in [2.05, 4.69) is 24.1 Å². The van der Waals surface area contributed by atoms with Crippen LogP contribution in [0.3, 0.4) is 0 Å². The molecule has 3 rings (SSSR count). The van der Waals surface area contributed by atoms with Crippen molar-refractivity contribution in [3.8, 4) is 0 Å². The molecule has 1 aromatic heterocycles. The van der Waals surface area contributed by atoms with Crippen LogP contribution in [0.4, 0.5) is 0 Å². The third-order valence-corrected chi connectivity index (χ3v) is 5.50. The van der Waals surface area contributed by atoms with Crippen LogP contribution >= 0.6 is 0 Å². The Kier molecular flexibility index (Phi) is 5.32. The van der Waals surface area contributed by atoms with E-state index in [1.54, 1.807) is 6.07 Å². The molecule has 5 nitrogen and oxygen atoms in total. The van der Waals surface area contributed by atoms with Crippen molar-refractivity contribution >= 4 is 5.91 Å². The molecule has 2 aliphatic rings. The fraction of sp³-hybridized carbons (Fsp3) is 0.700. The van der Waals surface area contributed by atoms with Crippen LogP contribution in [0.2, 0.25) is 0 Å². The number of nitrogens with one attached hydrogen (secondary N) is 2.